The van der Waals surface area contributed by atoms with Crippen LogP contribution in [0.15, 0.2) is 77.9 Å². The van der Waals surface area contributed by atoms with Gasteiger partial charge in [-0.15, -0.1) is 0 Å². The zero-order valence-electron chi connectivity index (χ0n) is 20.4. The van der Waals surface area contributed by atoms with Gasteiger partial charge in [-0.1, -0.05) is 53.5 Å². The fraction of sp³-hybridized carbons (Fsp3) is 0.185. The molecule has 3 rings (SSSR count). The number of nitrogens with one attached hydrogen (secondary N) is 2. The van der Waals surface area contributed by atoms with Gasteiger partial charge in [0.25, 0.3) is 17.7 Å². The number of hydrogen-bond acceptors (Lipinski definition) is 6. The molecule has 3 aromatic carbocycles. The molecule has 0 unspecified atom stereocenters. The Kier molecular flexibility index (Phi) is 10.5. The summed E-state index contributed by atoms with van der Waals surface area (Å²) >= 11 is 12.1. The number of carbonyl (C=O) groups is 3. The molecule has 38 heavy (non-hydrogen) atoms. The van der Waals surface area contributed by atoms with Gasteiger partial charge in [0.1, 0.15) is 17.5 Å². The number of benzene rings is 3. The molecule has 0 bridgehead atoms. The Morgan fingerprint density at radius 2 is 1.71 bits per heavy atom. The topological polar surface area (TPSA) is 132 Å². The lowest BCUT2D eigenvalue weighted by Crippen LogP contribution is -2.50. The maximum absolute atomic E-state index is 13.0. The summed E-state index contributed by atoms with van der Waals surface area (Å²) in [6.07, 6.45) is 0.721. The quantitative estimate of drug-likeness (QED) is 0.232. The van der Waals surface area contributed by atoms with Crippen LogP contribution in [-0.4, -0.2) is 42.7 Å². The van der Waals surface area contributed by atoms with E-state index in [1.807, 2.05) is 30.3 Å². The Bertz CT molecular complexity index is 1290. The Labute approximate surface area is 229 Å². The lowest BCUT2D eigenvalue weighted by Gasteiger charge is -2.21. The van der Waals surface area contributed by atoms with Crippen LogP contribution in [0.4, 0.5) is 0 Å². The van der Waals surface area contributed by atoms with Gasteiger partial charge in [0.05, 0.1) is 11.2 Å². The molecule has 0 radical (unpaired) electrons. The molecule has 198 valence electrons. The maximum Gasteiger partial charge on any atom is 0.262 e. The Balaban J connectivity index is 1.64. The highest BCUT2D eigenvalue weighted by Gasteiger charge is 2.25. The predicted octanol–water partition coefficient (Wildman–Crippen LogP) is 3.50. The number of hydrazone groups is 1. The number of rotatable bonds is 12. The summed E-state index contributed by atoms with van der Waals surface area (Å²) in [5.41, 5.74) is 9.04. The van der Waals surface area contributed by atoms with Crippen LogP contribution in [0, 0.1) is 0 Å². The molecule has 0 fully saturated rings. The van der Waals surface area contributed by atoms with Crippen molar-refractivity contribution in [1.29, 1.82) is 0 Å². The molecule has 0 saturated heterocycles. The number of nitrogens with zero attached hydrogens (tertiary/aromatic N) is 1. The van der Waals surface area contributed by atoms with Gasteiger partial charge in [0, 0.05) is 11.4 Å². The molecular formula is C27H26Cl2N4O5. The van der Waals surface area contributed by atoms with E-state index < -0.39 is 29.9 Å². The van der Waals surface area contributed by atoms with Crippen LogP contribution in [0.25, 0.3) is 0 Å². The minimum absolute atomic E-state index is 0.228. The van der Waals surface area contributed by atoms with Crippen molar-refractivity contribution in [3.63, 3.8) is 0 Å². The number of amides is 3. The molecule has 0 spiro atoms. The number of halogens is 2. The minimum atomic E-state index is -0.946. The normalized spacial score (nSPS) is 12.4. The monoisotopic (exact) mass is 556 g/mol. The van der Waals surface area contributed by atoms with Crippen molar-refractivity contribution in [1.82, 2.24) is 10.7 Å². The van der Waals surface area contributed by atoms with E-state index in [0.717, 1.165) is 5.56 Å². The molecule has 0 aliphatic rings. The van der Waals surface area contributed by atoms with Crippen LogP contribution >= 0.6 is 23.2 Å². The maximum atomic E-state index is 13.0. The number of nitrogens with two attached hydrogens (primary N) is 1. The first-order valence-electron chi connectivity index (χ1n) is 11.5. The zero-order chi connectivity index (χ0) is 27.5. The highest BCUT2D eigenvalue weighted by molar-refractivity contribution is 6.35. The minimum Gasteiger partial charge on any atom is -0.484 e. The fourth-order valence-corrected chi connectivity index (χ4v) is 3.67. The van der Waals surface area contributed by atoms with Gasteiger partial charge < -0.3 is 20.5 Å². The van der Waals surface area contributed by atoms with Gasteiger partial charge in [-0.3, -0.25) is 14.4 Å². The molecule has 0 saturated carbocycles. The third-order valence-corrected chi connectivity index (χ3v) is 5.66. The second-order valence-corrected chi connectivity index (χ2v) is 8.99. The summed E-state index contributed by atoms with van der Waals surface area (Å²) in [5.74, 6) is -0.852. The van der Waals surface area contributed by atoms with E-state index in [2.05, 4.69) is 15.8 Å². The van der Waals surface area contributed by atoms with Crippen molar-refractivity contribution in [2.24, 2.45) is 10.8 Å². The van der Waals surface area contributed by atoms with Crippen LogP contribution in [0.3, 0.4) is 0 Å². The van der Waals surface area contributed by atoms with Crippen LogP contribution in [0.1, 0.15) is 18.1 Å². The Morgan fingerprint density at radius 3 is 2.37 bits per heavy atom. The van der Waals surface area contributed by atoms with Gasteiger partial charge >= 0.3 is 0 Å². The van der Waals surface area contributed by atoms with Crippen molar-refractivity contribution in [2.45, 2.75) is 25.5 Å². The van der Waals surface area contributed by atoms with Crippen LogP contribution < -0.4 is 25.9 Å². The number of ether oxygens (including phenoxy) is 2. The smallest absolute Gasteiger partial charge is 0.262 e. The first-order valence-corrected chi connectivity index (χ1v) is 12.3. The van der Waals surface area contributed by atoms with E-state index in [1.165, 1.54) is 12.3 Å². The van der Waals surface area contributed by atoms with E-state index in [9.17, 15) is 14.4 Å². The summed E-state index contributed by atoms with van der Waals surface area (Å²) in [4.78, 5) is 36.7. The predicted molar refractivity (Wildman–Crippen MR) is 145 cm³/mol. The molecular weight excluding hydrogens is 531 g/mol. The number of hydrogen-bond donors (Lipinski definition) is 3. The molecule has 2 atom stereocenters. The summed E-state index contributed by atoms with van der Waals surface area (Å²) in [7, 11) is 0. The Morgan fingerprint density at radius 1 is 1.00 bits per heavy atom. The van der Waals surface area contributed by atoms with Crippen LogP contribution in [0.2, 0.25) is 10.0 Å². The van der Waals surface area contributed by atoms with E-state index in [-0.39, 0.29) is 18.1 Å². The summed E-state index contributed by atoms with van der Waals surface area (Å²) in [5, 5.41) is 7.42. The summed E-state index contributed by atoms with van der Waals surface area (Å²) in [6, 6.07) is 19.6. The van der Waals surface area contributed by atoms with Gasteiger partial charge in [-0.25, -0.2) is 5.43 Å². The van der Waals surface area contributed by atoms with Crippen molar-refractivity contribution in [2.75, 3.05) is 6.61 Å². The first-order chi connectivity index (χ1) is 18.2. The molecule has 3 amide bonds. The lowest BCUT2D eigenvalue weighted by atomic mass is 10.1. The van der Waals surface area contributed by atoms with Gasteiger partial charge in [0.2, 0.25) is 0 Å². The van der Waals surface area contributed by atoms with Crippen molar-refractivity contribution in [3.8, 4) is 11.5 Å². The molecule has 0 heterocycles. The van der Waals surface area contributed by atoms with Crippen molar-refractivity contribution < 1.29 is 23.9 Å². The molecule has 0 aromatic heterocycles. The third-order valence-electron chi connectivity index (χ3n) is 5.13. The second kappa shape index (κ2) is 14.0. The highest BCUT2D eigenvalue weighted by Crippen LogP contribution is 2.28. The van der Waals surface area contributed by atoms with Crippen LogP contribution in [-0.2, 0) is 20.8 Å². The highest BCUT2D eigenvalue weighted by atomic mass is 35.5. The molecule has 0 aliphatic carbocycles. The molecule has 3 aromatic rings. The van der Waals surface area contributed by atoms with Gasteiger partial charge in [-0.05, 0) is 60.5 Å². The van der Waals surface area contributed by atoms with Gasteiger partial charge in [0.15, 0.2) is 12.7 Å². The van der Waals surface area contributed by atoms with E-state index in [4.69, 9.17) is 38.4 Å². The average molecular weight is 557 g/mol. The van der Waals surface area contributed by atoms with Crippen molar-refractivity contribution >= 4 is 47.1 Å². The molecule has 9 nitrogen and oxygen atoms in total. The van der Waals surface area contributed by atoms with E-state index in [1.54, 1.807) is 43.3 Å². The van der Waals surface area contributed by atoms with Crippen LogP contribution in [0.5, 0.6) is 11.5 Å². The molecule has 11 heteroatoms. The molecule has 4 N–H and O–H groups in total. The standard InChI is InChI=1S/C27H26Cl2N4O5/c1-17(38-24-12-9-20(28)14-22(24)29)26(35)32-23(13-18-5-3-2-4-6-18)27(36)33-31-15-19-7-10-21(11-8-19)37-16-25(30)34/h2-12,14-15,17,23H,13,16H2,1H3,(H2,30,34)(H,32,35)(H,33,36)/b31-15-/t17-,23-/m0/s1. The fourth-order valence-electron chi connectivity index (χ4n) is 3.22. The SMILES string of the molecule is C[C@H](Oc1ccc(Cl)cc1Cl)C(=O)N[C@@H](Cc1ccccc1)C(=O)N/N=C\c1ccc(OCC(N)=O)cc1. The second-order valence-electron chi connectivity index (χ2n) is 8.14. The average Bonchev–Trinajstić information content (AvgIpc) is 2.89. The number of carbonyl (C=O) groups excluding carboxylic acids is 3. The summed E-state index contributed by atoms with van der Waals surface area (Å²) < 4.78 is 10.9. The third kappa shape index (κ3) is 9.10. The zero-order valence-corrected chi connectivity index (χ0v) is 21.9. The lowest BCUT2D eigenvalue weighted by molar-refractivity contribution is -0.132. The van der Waals surface area contributed by atoms with E-state index in [0.29, 0.717) is 22.1 Å². The number of primary amides is 1. The van der Waals surface area contributed by atoms with Crippen molar-refractivity contribution in [3.05, 3.63) is 94.0 Å². The first kappa shape index (κ1) is 28.5. The van der Waals surface area contributed by atoms with Gasteiger partial charge in [-0.2, -0.15) is 5.10 Å². The molecule has 0 aliphatic heterocycles. The Hall–Kier alpha value is -4.08. The van der Waals surface area contributed by atoms with E-state index >= 15 is 0 Å². The summed E-state index contributed by atoms with van der Waals surface area (Å²) in [6.45, 7) is 1.32. The largest absolute Gasteiger partial charge is 0.484 e.